The van der Waals surface area contributed by atoms with Crippen LogP contribution in [0.2, 0.25) is 17.3 Å². The number of furan rings is 1. The molecule has 150 valence electrons. The third-order valence-electron chi connectivity index (χ3n) is 6.11. The van der Waals surface area contributed by atoms with E-state index < -0.39 is 13.3 Å². The van der Waals surface area contributed by atoms with Crippen molar-refractivity contribution in [2.45, 2.75) is 17.3 Å². The van der Waals surface area contributed by atoms with Crippen LogP contribution in [0.15, 0.2) is 83.5 Å². The van der Waals surface area contributed by atoms with Gasteiger partial charge < -0.3 is 0 Å². The molecule has 0 bridgehead atoms. The fourth-order valence-electron chi connectivity index (χ4n) is 4.67. The SMILES string of the molecule is [CH3][Ge]([CH3])([CH3])[c]1cccc2ccc3c(-c4cccc5c4oc4ccccc45)ncnc3c12. The minimum atomic E-state index is -2.11. The van der Waals surface area contributed by atoms with Crippen molar-refractivity contribution in [2.75, 3.05) is 0 Å². The Labute approximate surface area is 183 Å². The Balaban J connectivity index is 1.73. The number of para-hydroxylation sites is 2. The molecule has 0 saturated carbocycles. The van der Waals surface area contributed by atoms with Gasteiger partial charge in [0.1, 0.15) is 0 Å². The molecule has 0 atom stereocenters. The Morgan fingerprint density at radius 2 is 1.52 bits per heavy atom. The number of aromatic nitrogens is 2. The average molecular weight is 463 g/mol. The molecule has 0 amide bonds. The summed E-state index contributed by atoms with van der Waals surface area (Å²) in [7, 11) is 0. The molecule has 0 fully saturated rings. The second kappa shape index (κ2) is 6.66. The van der Waals surface area contributed by atoms with Gasteiger partial charge in [-0.1, -0.05) is 0 Å². The third-order valence-corrected chi connectivity index (χ3v) is 10.4. The monoisotopic (exact) mass is 464 g/mol. The number of benzene rings is 4. The van der Waals surface area contributed by atoms with E-state index in [1.165, 1.54) is 15.2 Å². The molecule has 6 aromatic rings. The standard InChI is InChI=1S/C27H22GeN2O/c1-28(2,3)22-12-6-8-17-14-15-20-25(29-16-30-26(20)24(17)22)21-11-7-10-19-18-9-4-5-13-23(18)31-27(19)21/h4-16H,1-3H3. The van der Waals surface area contributed by atoms with E-state index in [4.69, 9.17) is 14.4 Å². The Morgan fingerprint density at radius 1 is 0.710 bits per heavy atom. The molecule has 4 heteroatoms. The topological polar surface area (TPSA) is 38.9 Å². The van der Waals surface area contributed by atoms with E-state index in [0.29, 0.717) is 0 Å². The number of rotatable bonds is 2. The molecule has 2 aromatic heterocycles. The van der Waals surface area contributed by atoms with E-state index in [1.54, 1.807) is 6.33 Å². The van der Waals surface area contributed by atoms with E-state index in [9.17, 15) is 0 Å². The van der Waals surface area contributed by atoms with Crippen LogP contribution in [0.1, 0.15) is 0 Å². The fraction of sp³-hybridized carbons (Fsp3) is 0.111. The summed E-state index contributed by atoms with van der Waals surface area (Å²) in [4.78, 5) is 9.52. The molecule has 0 saturated heterocycles. The third kappa shape index (κ3) is 2.80. The molecule has 31 heavy (non-hydrogen) atoms. The summed E-state index contributed by atoms with van der Waals surface area (Å²) >= 11 is -2.11. The summed E-state index contributed by atoms with van der Waals surface area (Å²) in [6.07, 6.45) is 1.70. The summed E-state index contributed by atoms with van der Waals surface area (Å²) in [5.74, 6) is 7.31. The van der Waals surface area contributed by atoms with Gasteiger partial charge in [0.15, 0.2) is 0 Å². The van der Waals surface area contributed by atoms with Crippen molar-refractivity contribution >= 4 is 61.3 Å². The maximum atomic E-state index is 6.30. The first-order valence-electron chi connectivity index (χ1n) is 10.6. The van der Waals surface area contributed by atoms with Crippen molar-refractivity contribution in [1.82, 2.24) is 9.97 Å². The van der Waals surface area contributed by atoms with Crippen molar-refractivity contribution < 1.29 is 4.42 Å². The summed E-state index contributed by atoms with van der Waals surface area (Å²) in [6, 6.07) is 25.5. The van der Waals surface area contributed by atoms with Crippen molar-refractivity contribution in [3.63, 3.8) is 0 Å². The van der Waals surface area contributed by atoms with Crippen LogP contribution >= 0.6 is 0 Å². The van der Waals surface area contributed by atoms with Gasteiger partial charge in [-0.25, -0.2) is 0 Å². The molecule has 6 rings (SSSR count). The number of hydrogen-bond donors (Lipinski definition) is 0. The first kappa shape index (κ1) is 18.6. The van der Waals surface area contributed by atoms with Gasteiger partial charge in [0, 0.05) is 0 Å². The van der Waals surface area contributed by atoms with Gasteiger partial charge >= 0.3 is 183 Å². The Bertz CT molecular complexity index is 1630. The van der Waals surface area contributed by atoms with Gasteiger partial charge in [-0.3, -0.25) is 0 Å². The second-order valence-corrected chi connectivity index (χ2v) is 19.7. The predicted molar refractivity (Wildman–Crippen MR) is 133 cm³/mol. The molecular weight excluding hydrogens is 441 g/mol. The van der Waals surface area contributed by atoms with Gasteiger partial charge in [-0.2, -0.15) is 0 Å². The normalized spacial score (nSPS) is 12.4. The zero-order valence-electron chi connectivity index (χ0n) is 17.8. The molecule has 0 unspecified atom stereocenters. The van der Waals surface area contributed by atoms with E-state index in [2.05, 4.69) is 77.9 Å². The molecule has 0 radical (unpaired) electrons. The van der Waals surface area contributed by atoms with Crippen molar-refractivity contribution in [3.05, 3.63) is 79.1 Å². The minimum absolute atomic E-state index is 0.880. The first-order valence-corrected chi connectivity index (χ1v) is 17.9. The molecular formula is C27H22GeN2O. The number of nitrogens with zero attached hydrogens (tertiary/aromatic N) is 2. The molecule has 2 heterocycles. The molecule has 0 N–H and O–H groups in total. The average Bonchev–Trinajstić information content (AvgIpc) is 3.16. The van der Waals surface area contributed by atoms with Crippen molar-refractivity contribution in [2.24, 2.45) is 0 Å². The Kier molecular flexibility index (Phi) is 3.99. The quantitative estimate of drug-likeness (QED) is 0.207. The number of hydrogen-bond acceptors (Lipinski definition) is 3. The van der Waals surface area contributed by atoms with Crippen LogP contribution in [0.25, 0.3) is 54.9 Å². The van der Waals surface area contributed by atoms with Gasteiger partial charge in [-0.15, -0.1) is 0 Å². The predicted octanol–water partition coefficient (Wildman–Crippen LogP) is 6.89. The molecule has 0 aliphatic carbocycles. The van der Waals surface area contributed by atoms with Gasteiger partial charge in [0.05, 0.1) is 0 Å². The Hall–Kier alpha value is -3.18. The summed E-state index contributed by atoms with van der Waals surface area (Å²) < 4.78 is 7.78. The van der Waals surface area contributed by atoms with Gasteiger partial charge in [-0.05, 0) is 0 Å². The zero-order chi connectivity index (χ0) is 21.2. The second-order valence-electron chi connectivity index (χ2n) is 9.12. The molecule has 0 aliphatic rings. The van der Waals surface area contributed by atoms with Crippen LogP contribution in [0.5, 0.6) is 0 Å². The molecule has 0 aliphatic heterocycles. The van der Waals surface area contributed by atoms with Crippen LogP contribution in [-0.2, 0) is 0 Å². The van der Waals surface area contributed by atoms with Gasteiger partial charge in [0.2, 0.25) is 0 Å². The summed E-state index contributed by atoms with van der Waals surface area (Å²) in [5.41, 5.74) is 4.75. The first-order chi connectivity index (χ1) is 15.0. The fourth-order valence-corrected chi connectivity index (χ4v) is 8.05. The van der Waals surface area contributed by atoms with Crippen LogP contribution in [0.3, 0.4) is 0 Å². The van der Waals surface area contributed by atoms with Crippen molar-refractivity contribution in [3.8, 4) is 11.3 Å². The van der Waals surface area contributed by atoms with Crippen molar-refractivity contribution in [1.29, 1.82) is 0 Å². The summed E-state index contributed by atoms with van der Waals surface area (Å²) in [5, 5.41) is 5.85. The van der Waals surface area contributed by atoms with Crippen LogP contribution in [0, 0.1) is 0 Å². The zero-order valence-corrected chi connectivity index (χ0v) is 19.9. The van der Waals surface area contributed by atoms with E-state index in [-0.39, 0.29) is 0 Å². The van der Waals surface area contributed by atoms with Crippen LogP contribution < -0.4 is 4.40 Å². The molecule has 0 spiro atoms. The number of fused-ring (bicyclic) bond motifs is 6. The van der Waals surface area contributed by atoms with E-state index >= 15 is 0 Å². The molecule has 3 nitrogen and oxygen atoms in total. The Morgan fingerprint density at radius 3 is 2.39 bits per heavy atom. The van der Waals surface area contributed by atoms with Gasteiger partial charge in [0.25, 0.3) is 0 Å². The van der Waals surface area contributed by atoms with Crippen LogP contribution in [0.4, 0.5) is 0 Å². The summed E-state index contributed by atoms with van der Waals surface area (Å²) in [6.45, 7) is 0. The van der Waals surface area contributed by atoms with E-state index in [0.717, 1.165) is 44.1 Å². The van der Waals surface area contributed by atoms with Crippen LogP contribution in [-0.4, -0.2) is 23.2 Å². The van der Waals surface area contributed by atoms with E-state index in [1.807, 2.05) is 12.1 Å². The maximum absolute atomic E-state index is 6.30. The molecule has 4 aromatic carbocycles.